The highest BCUT2D eigenvalue weighted by atomic mass is 15.0. The van der Waals surface area contributed by atoms with Crippen molar-refractivity contribution in [1.82, 2.24) is 9.97 Å². The van der Waals surface area contributed by atoms with E-state index < -0.39 is 0 Å². The van der Waals surface area contributed by atoms with Gasteiger partial charge >= 0.3 is 0 Å². The van der Waals surface area contributed by atoms with E-state index in [-0.39, 0.29) is 0 Å². The molecule has 0 spiro atoms. The quantitative estimate of drug-likeness (QED) is 0.215. The number of hydrogen-bond acceptors (Lipinski definition) is 3. The van der Waals surface area contributed by atoms with Gasteiger partial charge in [0.1, 0.15) is 5.82 Å². The molecular formula is C32H27N3. The second-order valence-corrected chi connectivity index (χ2v) is 9.57. The van der Waals surface area contributed by atoms with Gasteiger partial charge < -0.3 is 5.32 Å². The van der Waals surface area contributed by atoms with Crippen molar-refractivity contribution in [3.8, 4) is 11.1 Å². The van der Waals surface area contributed by atoms with Crippen LogP contribution in [-0.4, -0.2) is 9.97 Å². The molecule has 6 rings (SSSR count). The number of nitrogens with zero attached hydrogens (tertiary/aromatic N) is 2. The van der Waals surface area contributed by atoms with Crippen molar-refractivity contribution in [2.75, 3.05) is 5.32 Å². The maximum atomic E-state index is 5.23. The van der Waals surface area contributed by atoms with E-state index in [0.717, 1.165) is 44.2 Å². The van der Waals surface area contributed by atoms with Crippen molar-refractivity contribution in [1.29, 1.82) is 0 Å². The minimum atomic E-state index is 0.826. The molecule has 3 nitrogen and oxygen atoms in total. The van der Waals surface area contributed by atoms with Crippen LogP contribution in [0, 0.1) is 27.7 Å². The van der Waals surface area contributed by atoms with Gasteiger partial charge in [-0.3, -0.25) is 0 Å². The molecule has 1 N–H and O–H groups in total. The zero-order valence-corrected chi connectivity index (χ0v) is 20.5. The van der Waals surface area contributed by atoms with Crippen LogP contribution in [0.25, 0.3) is 43.8 Å². The van der Waals surface area contributed by atoms with Crippen molar-refractivity contribution >= 4 is 44.2 Å². The Balaban J connectivity index is 1.79. The average molecular weight is 454 g/mol. The Bertz CT molecular complexity index is 1730. The lowest BCUT2D eigenvalue weighted by molar-refractivity contribution is 1.36. The summed E-state index contributed by atoms with van der Waals surface area (Å²) in [5.74, 6) is 0.826. The molecule has 0 bridgehead atoms. The molecule has 0 unspecified atom stereocenters. The van der Waals surface area contributed by atoms with Crippen LogP contribution in [0.5, 0.6) is 0 Å². The fourth-order valence-corrected chi connectivity index (χ4v) is 4.80. The van der Waals surface area contributed by atoms with Gasteiger partial charge in [-0.1, -0.05) is 70.8 Å². The summed E-state index contributed by atoms with van der Waals surface area (Å²) in [4.78, 5) is 10.4. The van der Waals surface area contributed by atoms with Crippen LogP contribution in [0.1, 0.15) is 22.3 Å². The Kier molecular flexibility index (Phi) is 5.00. The summed E-state index contributed by atoms with van der Waals surface area (Å²) >= 11 is 0. The number of pyridine rings is 2. The van der Waals surface area contributed by atoms with E-state index in [2.05, 4.69) is 118 Å². The lowest BCUT2D eigenvalue weighted by Gasteiger charge is -2.18. The first kappa shape index (κ1) is 21.3. The highest BCUT2D eigenvalue weighted by Crippen LogP contribution is 2.41. The molecule has 0 fully saturated rings. The number of nitrogens with one attached hydrogen (secondary N) is 1. The van der Waals surface area contributed by atoms with Crippen LogP contribution in [0.4, 0.5) is 11.5 Å². The first-order valence-electron chi connectivity index (χ1n) is 12.0. The minimum absolute atomic E-state index is 0.826. The average Bonchev–Trinajstić information content (AvgIpc) is 2.85. The monoisotopic (exact) mass is 453 g/mol. The van der Waals surface area contributed by atoms with E-state index >= 15 is 0 Å². The summed E-state index contributed by atoms with van der Waals surface area (Å²) in [6, 6.07) is 30.1. The highest BCUT2D eigenvalue weighted by molar-refractivity contribution is 6.20. The molecule has 0 saturated carbocycles. The fourth-order valence-electron chi connectivity index (χ4n) is 4.80. The predicted molar refractivity (Wildman–Crippen MR) is 149 cm³/mol. The maximum absolute atomic E-state index is 5.23. The fraction of sp³-hybridized carbons (Fsp3) is 0.125. The largest absolute Gasteiger partial charge is 0.340 e. The lowest BCUT2D eigenvalue weighted by Crippen LogP contribution is -2.00. The van der Waals surface area contributed by atoms with Crippen LogP contribution in [0.15, 0.2) is 84.9 Å². The third-order valence-corrected chi connectivity index (χ3v) is 6.67. The van der Waals surface area contributed by atoms with Crippen LogP contribution < -0.4 is 5.32 Å². The Morgan fingerprint density at radius 1 is 0.543 bits per heavy atom. The number of hydrogen-bond donors (Lipinski definition) is 1. The first-order valence-corrected chi connectivity index (χ1v) is 12.0. The Morgan fingerprint density at radius 2 is 1.09 bits per heavy atom. The standard InChI is InChI=1S/C32H27N3/c1-19-5-11-23(12-6-19)29-25-17-21(3)9-15-27(25)34-31-26-18-22(4)10-16-28(26)35-32(30(29)31)33-24-13-7-20(2)8-14-24/h5-18H,1-4H3,(H,33,35). The number of benzene rings is 4. The van der Waals surface area contributed by atoms with Crippen LogP contribution in [-0.2, 0) is 0 Å². The van der Waals surface area contributed by atoms with Crippen molar-refractivity contribution in [3.05, 3.63) is 107 Å². The number of aryl methyl sites for hydroxylation is 4. The van der Waals surface area contributed by atoms with Gasteiger partial charge in [0.25, 0.3) is 0 Å². The van der Waals surface area contributed by atoms with Crippen molar-refractivity contribution in [2.24, 2.45) is 0 Å². The molecular weight excluding hydrogens is 426 g/mol. The summed E-state index contributed by atoms with van der Waals surface area (Å²) in [6.45, 7) is 8.48. The molecule has 170 valence electrons. The molecule has 4 aromatic carbocycles. The number of rotatable bonds is 3. The summed E-state index contributed by atoms with van der Waals surface area (Å²) in [5.41, 5.74) is 11.1. The topological polar surface area (TPSA) is 37.8 Å². The summed E-state index contributed by atoms with van der Waals surface area (Å²) in [6.07, 6.45) is 0. The van der Waals surface area contributed by atoms with Gasteiger partial charge in [-0.15, -0.1) is 0 Å². The maximum Gasteiger partial charge on any atom is 0.141 e. The molecule has 3 heteroatoms. The molecule has 0 radical (unpaired) electrons. The third kappa shape index (κ3) is 3.79. The van der Waals surface area contributed by atoms with E-state index in [4.69, 9.17) is 9.97 Å². The SMILES string of the molecule is Cc1ccc(Nc2nc3ccc(C)cc3c3nc4ccc(C)cc4c(-c4ccc(C)cc4)c23)cc1. The minimum Gasteiger partial charge on any atom is -0.340 e. The summed E-state index contributed by atoms with van der Waals surface area (Å²) in [5, 5.41) is 6.89. The molecule has 6 aromatic rings. The molecule has 0 atom stereocenters. The van der Waals surface area contributed by atoms with Gasteiger partial charge in [0.15, 0.2) is 0 Å². The van der Waals surface area contributed by atoms with Crippen LogP contribution in [0.2, 0.25) is 0 Å². The smallest absolute Gasteiger partial charge is 0.141 e. The molecule has 2 heterocycles. The van der Waals surface area contributed by atoms with Gasteiger partial charge in [-0.25, -0.2) is 9.97 Å². The predicted octanol–water partition coefficient (Wildman–Crippen LogP) is 8.58. The van der Waals surface area contributed by atoms with Crippen molar-refractivity contribution in [3.63, 3.8) is 0 Å². The normalized spacial score (nSPS) is 11.4. The second kappa shape index (κ2) is 8.21. The molecule has 0 amide bonds. The van der Waals surface area contributed by atoms with E-state index in [1.165, 1.54) is 33.4 Å². The van der Waals surface area contributed by atoms with E-state index in [9.17, 15) is 0 Å². The van der Waals surface area contributed by atoms with Crippen LogP contribution >= 0.6 is 0 Å². The molecule has 0 aliphatic heterocycles. The van der Waals surface area contributed by atoms with E-state index in [1.54, 1.807) is 0 Å². The molecule has 35 heavy (non-hydrogen) atoms. The summed E-state index contributed by atoms with van der Waals surface area (Å²) < 4.78 is 0. The summed E-state index contributed by atoms with van der Waals surface area (Å²) in [7, 11) is 0. The van der Waals surface area contributed by atoms with Gasteiger partial charge in [-0.05, 0) is 69.7 Å². The zero-order chi connectivity index (χ0) is 24.1. The second-order valence-electron chi connectivity index (χ2n) is 9.57. The zero-order valence-electron chi connectivity index (χ0n) is 20.5. The molecule has 0 saturated heterocycles. The Hall–Kier alpha value is -4.24. The lowest BCUT2D eigenvalue weighted by atomic mass is 9.93. The first-order chi connectivity index (χ1) is 17.0. The molecule has 0 aliphatic rings. The van der Waals surface area contributed by atoms with Crippen molar-refractivity contribution < 1.29 is 0 Å². The van der Waals surface area contributed by atoms with Gasteiger partial charge in [0, 0.05) is 22.0 Å². The van der Waals surface area contributed by atoms with E-state index in [1.807, 2.05) is 0 Å². The van der Waals surface area contributed by atoms with Crippen LogP contribution in [0.3, 0.4) is 0 Å². The van der Waals surface area contributed by atoms with Gasteiger partial charge in [0.05, 0.1) is 21.9 Å². The van der Waals surface area contributed by atoms with E-state index in [0.29, 0.717) is 0 Å². The number of anilines is 2. The van der Waals surface area contributed by atoms with Gasteiger partial charge in [-0.2, -0.15) is 0 Å². The molecule has 0 aliphatic carbocycles. The molecule has 2 aromatic heterocycles. The number of aromatic nitrogens is 2. The Morgan fingerprint density at radius 3 is 1.74 bits per heavy atom. The third-order valence-electron chi connectivity index (χ3n) is 6.67. The number of fused-ring (bicyclic) bond motifs is 4. The highest BCUT2D eigenvalue weighted by Gasteiger charge is 2.19. The van der Waals surface area contributed by atoms with Gasteiger partial charge in [0.2, 0.25) is 0 Å². The van der Waals surface area contributed by atoms with Crippen molar-refractivity contribution in [2.45, 2.75) is 27.7 Å². The Labute approximate surface area is 205 Å².